The predicted octanol–water partition coefficient (Wildman–Crippen LogP) is 0.579. The number of amides is 2. The Hall–Kier alpha value is -1.80. The second-order valence-electron chi connectivity index (χ2n) is 4.24. The normalized spacial score (nSPS) is 10.3. The van der Waals surface area contributed by atoms with E-state index in [9.17, 15) is 9.59 Å². The monoisotopic (exact) mass is 300 g/mol. The third kappa shape index (κ3) is 3.61. The van der Waals surface area contributed by atoms with Crippen molar-refractivity contribution in [2.75, 3.05) is 44.9 Å². The largest absolute Gasteiger partial charge is 0.397 e. The van der Waals surface area contributed by atoms with Gasteiger partial charge in [-0.15, -0.1) is 11.3 Å². The van der Waals surface area contributed by atoms with Crippen molar-refractivity contribution in [3.05, 3.63) is 10.4 Å². The molecule has 1 aromatic heterocycles. The second-order valence-corrected chi connectivity index (χ2v) is 5.26. The van der Waals surface area contributed by atoms with E-state index in [0.29, 0.717) is 29.6 Å². The number of thiophene rings is 1. The van der Waals surface area contributed by atoms with Crippen LogP contribution >= 0.6 is 11.3 Å². The Bertz CT molecular complexity index is 499. The summed E-state index contributed by atoms with van der Waals surface area (Å²) in [6, 6.07) is 0. The second kappa shape index (κ2) is 7.11. The number of rotatable bonds is 7. The Morgan fingerprint density at radius 3 is 2.55 bits per heavy atom. The molecule has 20 heavy (non-hydrogen) atoms. The van der Waals surface area contributed by atoms with Crippen molar-refractivity contribution in [2.24, 2.45) is 5.73 Å². The summed E-state index contributed by atoms with van der Waals surface area (Å²) in [6.45, 7) is 3.50. The van der Waals surface area contributed by atoms with Gasteiger partial charge in [-0.2, -0.15) is 0 Å². The van der Waals surface area contributed by atoms with Crippen LogP contribution in [0.15, 0.2) is 0 Å². The average molecular weight is 300 g/mol. The minimum atomic E-state index is -0.657. The minimum Gasteiger partial charge on any atom is -0.397 e. The first kappa shape index (κ1) is 16.3. The van der Waals surface area contributed by atoms with Crippen LogP contribution in [0.25, 0.3) is 0 Å². The fraction of sp³-hybridized carbons (Fsp3) is 0.500. The average Bonchev–Trinajstić information content (AvgIpc) is 2.70. The molecule has 0 aliphatic heterocycles. The van der Waals surface area contributed by atoms with Crippen LogP contribution in [0.2, 0.25) is 0 Å². The van der Waals surface area contributed by atoms with Gasteiger partial charge in [0.25, 0.3) is 11.8 Å². The Morgan fingerprint density at radius 1 is 1.40 bits per heavy atom. The molecule has 0 aliphatic carbocycles. The van der Waals surface area contributed by atoms with Crippen LogP contribution in [0.3, 0.4) is 0 Å². The first-order valence-electron chi connectivity index (χ1n) is 6.15. The van der Waals surface area contributed by atoms with E-state index in [-0.39, 0.29) is 17.2 Å². The molecule has 7 nitrogen and oxygen atoms in total. The number of carbonyl (C=O) groups excluding carboxylic acids is 2. The Morgan fingerprint density at radius 2 is 2.05 bits per heavy atom. The lowest BCUT2D eigenvalue weighted by molar-refractivity contribution is 0.0833. The summed E-state index contributed by atoms with van der Waals surface area (Å²) in [6.07, 6.45) is 0. The van der Waals surface area contributed by atoms with Crippen LogP contribution in [0.1, 0.15) is 27.0 Å². The molecule has 8 heteroatoms. The van der Waals surface area contributed by atoms with Crippen molar-refractivity contribution in [1.29, 1.82) is 0 Å². The van der Waals surface area contributed by atoms with E-state index >= 15 is 0 Å². The van der Waals surface area contributed by atoms with Gasteiger partial charge in [0.2, 0.25) is 0 Å². The fourth-order valence-corrected chi connectivity index (χ4v) is 2.73. The van der Waals surface area contributed by atoms with E-state index in [1.54, 1.807) is 14.1 Å². The molecule has 1 heterocycles. The van der Waals surface area contributed by atoms with E-state index < -0.39 is 5.91 Å². The molecule has 5 N–H and O–H groups in total. The van der Waals surface area contributed by atoms with Crippen molar-refractivity contribution in [2.45, 2.75) is 6.92 Å². The molecule has 112 valence electrons. The van der Waals surface area contributed by atoms with Crippen LogP contribution in [0.4, 0.5) is 10.7 Å². The maximum Gasteiger partial charge on any atom is 0.265 e. The first-order chi connectivity index (χ1) is 9.40. The summed E-state index contributed by atoms with van der Waals surface area (Å²) >= 11 is 1.13. The SMILES string of the molecule is CCOCCNc1sc(C(=O)N(C)C)c(N)c1C(N)=O. The van der Waals surface area contributed by atoms with Gasteiger partial charge >= 0.3 is 0 Å². The quantitative estimate of drug-likeness (QED) is 0.638. The number of hydrogen-bond acceptors (Lipinski definition) is 6. The molecule has 0 atom stereocenters. The maximum absolute atomic E-state index is 12.0. The number of nitrogens with two attached hydrogens (primary N) is 2. The lowest BCUT2D eigenvalue weighted by Crippen LogP contribution is -2.22. The van der Waals surface area contributed by atoms with Crippen molar-refractivity contribution >= 4 is 33.8 Å². The number of carbonyl (C=O) groups is 2. The van der Waals surface area contributed by atoms with Crippen molar-refractivity contribution in [3.63, 3.8) is 0 Å². The highest BCUT2D eigenvalue weighted by molar-refractivity contribution is 7.19. The van der Waals surface area contributed by atoms with Crippen LogP contribution in [-0.4, -0.2) is 50.6 Å². The van der Waals surface area contributed by atoms with Gasteiger partial charge in [-0.1, -0.05) is 0 Å². The van der Waals surface area contributed by atoms with E-state index in [1.807, 2.05) is 6.92 Å². The molecule has 0 bridgehead atoms. The highest BCUT2D eigenvalue weighted by Gasteiger charge is 2.24. The Balaban J connectivity index is 3.01. The molecule has 0 saturated heterocycles. The van der Waals surface area contributed by atoms with Gasteiger partial charge < -0.3 is 26.4 Å². The smallest absolute Gasteiger partial charge is 0.265 e. The number of nitrogens with one attached hydrogen (secondary N) is 1. The zero-order chi connectivity index (χ0) is 15.3. The molecular weight excluding hydrogens is 280 g/mol. The van der Waals surface area contributed by atoms with Gasteiger partial charge in [0.15, 0.2) is 0 Å². The lowest BCUT2D eigenvalue weighted by Gasteiger charge is -2.08. The van der Waals surface area contributed by atoms with Gasteiger partial charge in [-0.3, -0.25) is 9.59 Å². The topological polar surface area (TPSA) is 111 Å². The summed E-state index contributed by atoms with van der Waals surface area (Å²) in [5.41, 5.74) is 11.5. The van der Waals surface area contributed by atoms with E-state index in [0.717, 1.165) is 11.3 Å². The number of hydrogen-bond donors (Lipinski definition) is 3. The van der Waals surface area contributed by atoms with E-state index in [4.69, 9.17) is 16.2 Å². The van der Waals surface area contributed by atoms with E-state index in [2.05, 4.69) is 5.32 Å². The predicted molar refractivity (Wildman–Crippen MR) is 80.2 cm³/mol. The van der Waals surface area contributed by atoms with Gasteiger partial charge in [-0.25, -0.2) is 0 Å². The minimum absolute atomic E-state index is 0.125. The lowest BCUT2D eigenvalue weighted by atomic mass is 10.2. The molecular formula is C12H20N4O3S. The maximum atomic E-state index is 12.0. The molecule has 0 aromatic carbocycles. The summed E-state index contributed by atoms with van der Waals surface area (Å²) in [7, 11) is 3.24. The summed E-state index contributed by atoms with van der Waals surface area (Å²) in [5, 5.41) is 3.53. The van der Waals surface area contributed by atoms with Crippen LogP contribution < -0.4 is 16.8 Å². The highest BCUT2D eigenvalue weighted by Crippen LogP contribution is 2.35. The molecule has 2 amide bonds. The molecule has 0 aliphatic rings. The Labute approximate surface area is 121 Å². The highest BCUT2D eigenvalue weighted by atomic mass is 32.1. The molecule has 0 spiro atoms. The number of nitrogens with zero attached hydrogens (tertiary/aromatic N) is 1. The summed E-state index contributed by atoms with van der Waals surface area (Å²) in [4.78, 5) is 25.2. The van der Waals surface area contributed by atoms with Gasteiger partial charge in [0, 0.05) is 27.2 Å². The molecule has 0 fully saturated rings. The number of anilines is 2. The van der Waals surface area contributed by atoms with E-state index in [1.165, 1.54) is 4.90 Å². The third-order valence-electron chi connectivity index (χ3n) is 2.53. The van der Waals surface area contributed by atoms with Gasteiger partial charge in [0.05, 0.1) is 17.9 Å². The molecule has 0 unspecified atom stereocenters. The van der Waals surface area contributed by atoms with Crippen LogP contribution in [0.5, 0.6) is 0 Å². The summed E-state index contributed by atoms with van der Waals surface area (Å²) < 4.78 is 5.20. The fourth-order valence-electron chi connectivity index (χ4n) is 1.56. The van der Waals surface area contributed by atoms with Crippen molar-refractivity contribution in [3.8, 4) is 0 Å². The molecule has 0 radical (unpaired) electrons. The number of nitrogen functional groups attached to an aromatic ring is 1. The molecule has 1 rings (SSSR count). The Kier molecular flexibility index (Phi) is 5.78. The standard InChI is InChI=1S/C12H20N4O3S/c1-4-19-6-5-15-11-7(10(14)17)8(13)9(20-11)12(18)16(2)3/h15H,4-6,13H2,1-3H3,(H2,14,17). The van der Waals surface area contributed by atoms with Crippen molar-refractivity contribution < 1.29 is 14.3 Å². The first-order valence-corrected chi connectivity index (χ1v) is 6.97. The van der Waals surface area contributed by atoms with Gasteiger partial charge in [0.1, 0.15) is 9.88 Å². The molecule has 1 aromatic rings. The molecule has 0 saturated carbocycles. The van der Waals surface area contributed by atoms with Crippen LogP contribution in [0, 0.1) is 0 Å². The van der Waals surface area contributed by atoms with Crippen molar-refractivity contribution in [1.82, 2.24) is 4.90 Å². The third-order valence-corrected chi connectivity index (χ3v) is 3.68. The number of primary amides is 1. The zero-order valence-corrected chi connectivity index (χ0v) is 12.7. The zero-order valence-electron chi connectivity index (χ0n) is 11.9. The van der Waals surface area contributed by atoms with Gasteiger partial charge in [-0.05, 0) is 6.92 Å². The summed E-state index contributed by atoms with van der Waals surface area (Å²) in [5.74, 6) is -0.914. The number of ether oxygens (including phenoxy) is 1. The van der Waals surface area contributed by atoms with Crippen LogP contribution in [-0.2, 0) is 4.74 Å².